The van der Waals surface area contributed by atoms with Gasteiger partial charge < -0.3 is 4.74 Å². The number of nitrogens with zero attached hydrogens (tertiary/aromatic N) is 1. The molecular weight excluding hydrogens is 250 g/mol. The molecule has 5 rings (SSSR count). The zero-order valence-electron chi connectivity index (χ0n) is 12.8. The van der Waals surface area contributed by atoms with Crippen molar-refractivity contribution >= 4 is 5.97 Å². The minimum absolute atomic E-state index is 0.00438. The molecule has 112 valence electrons. The molecule has 0 amide bonds. The number of rotatable bonds is 3. The van der Waals surface area contributed by atoms with Gasteiger partial charge in [-0.25, -0.2) is 0 Å². The van der Waals surface area contributed by atoms with Gasteiger partial charge >= 0.3 is 5.97 Å². The normalized spacial score (nSPS) is 50.0. The van der Waals surface area contributed by atoms with Crippen LogP contribution in [0.3, 0.4) is 0 Å². The first-order chi connectivity index (χ1) is 9.53. The van der Waals surface area contributed by atoms with Crippen molar-refractivity contribution in [1.82, 2.24) is 4.90 Å². The van der Waals surface area contributed by atoms with E-state index in [1.54, 1.807) is 0 Å². The molecule has 2 atom stereocenters. The summed E-state index contributed by atoms with van der Waals surface area (Å²) in [5.74, 6) is 2.97. The number of hydrogen-bond donors (Lipinski definition) is 0. The van der Waals surface area contributed by atoms with Gasteiger partial charge in [0, 0.05) is 13.0 Å². The van der Waals surface area contributed by atoms with E-state index in [4.69, 9.17) is 4.74 Å². The fourth-order valence-corrected chi connectivity index (χ4v) is 6.22. The summed E-state index contributed by atoms with van der Waals surface area (Å²) < 4.78 is 5.34. The number of likely N-dealkylation sites (N-methyl/N-ethyl adjacent to an activating group) is 1. The van der Waals surface area contributed by atoms with Gasteiger partial charge in [0.2, 0.25) is 0 Å². The number of carbonyl (C=O) groups is 1. The van der Waals surface area contributed by atoms with Crippen LogP contribution in [0.2, 0.25) is 0 Å². The first-order valence-corrected chi connectivity index (χ1v) is 8.44. The van der Waals surface area contributed by atoms with Crippen LogP contribution in [0.25, 0.3) is 0 Å². The van der Waals surface area contributed by atoms with E-state index in [1.807, 2.05) is 6.92 Å². The van der Waals surface area contributed by atoms with Crippen LogP contribution in [-0.2, 0) is 9.53 Å². The molecule has 5 fully saturated rings. The standard InChI is InChI=1S/C17H27NO2/c1-11-3-15(16(19)20-11)18(2)10-17-7-12-4-13(8-17)6-14(5-12)9-17/h11-15H,3-10H2,1-2H3/t11-,12?,13?,14?,15-,17?/m1/s1. The Kier molecular flexibility index (Phi) is 2.93. The van der Waals surface area contributed by atoms with Crippen molar-refractivity contribution in [2.75, 3.05) is 13.6 Å². The van der Waals surface area contributed by atoms with E-state index in [9.17, 15) is 4.79 Å². The molecule has 0 N–H and O–H groups in total. The molecule has 20 heavy (non-hydrogen) atoms. The highest BCUT2D eigenvalue weighted by Crippen LogP contribution is 2.60. The van der Waals surface area contributed by atoms with E-state index in [1.165, 1.54) is 38.5 Å². The van der Waals surface area contributed by atoms with Crippen molar-refractivity contribution in [2.24, 2.45) is 23.2 Å². The predicted molar refractivity (Wildman–Crippen MR) is 77.2 cm³/mol. The highest BCUT2D eigenvalue weighted by Gasteiger charge is 2.52. The van der Waals surface area contributed by atoms with Crippen LogP contribution in [0.15, 0.2) is 0 Å². The molecule has 1 saturated heterocycles. The quantitative estimate of drug-likeness (QED) is 0.743. The molecule has 0 aromatic heterocycles. The SMILES string of the molecule is C[C@@H]1C[C@@H](N(C)CC23CC4CC(CC(C4)C2)C3)C(=O)O1. The Morgan fingerprint density at radius 3 is 2.10 bits per heavy atom. The minimum atomic E-state index is 0.00438. The summed E-state index contributed by atoms with van der Waals surface area (Å²) >= 11 is 0. The third kappa shape index (κ3) is 2.09. The molecule has 3 nitrogen and oxygen atoms in total. The molecular formula is C17H27NO2. The molecule has 5 aliphatic rings. The summed E-state index contributed by atoms with van der Waals surface area (Å²) in [6.45, 7) is 3.12. The molecule has 0 aromatic carbocycles. The lowest BCUT2D eigenvalue weighted by Crippen LogP contribution is -2.52. The smallest absolute Gasteiger partial charge is 0.323 e. The summed E-state index contributed by atoms with van der Waals surface area (Å²) in [4.78, 5) is 14.3. The average Bonchev–Trinajstić information content (AvgIpc) is 2.66. The van der Waals surface area contributed by atoms with Crippen LogP contribution in [0.1, 0.15) is 51.9 Å². The molecule has 0 unspecified atom stereocenters. The second kappa shape index (κ2) is 4.46. The van der Waals surface area contributed by atoms with E-state index in [0.717, 1.165) is 30.7 Å². The van der Waals surface area contributed by atoms with Crippen molar-refractivity contribution in [1.29, 1.82) is 0 Å². The Balaban J connectivity index is 1.47. The molecule has 0 spiro atoms. The van der Waals surface area contributed by atoms with Crippen molar-refractivity contribution < 1.29 is 9.53 Å². The monoisotopic (exact) mass is 277 g/mol. The van der Waals surface area contributed by atoms with Gasteiger partial charge in [-0.2, -0.15) is 0 Å². The maximum Gasteiger partial charge on any atom is 0.323 e. The van der Waals surface area contributed by atoms with Crippen LogP contribution >= 0.6 is 0 Å². The number of esters is 1. The molecule has 1 heterocycles. The lowest BCUT2D eigenvalue weighted by molar-refractivity contribution is -0.145. The van der Waals surface area contributed by atoms with E-state index in [-0.39, 0.29) is 18.1 Å². The third-order valence-corrected chi connectivity index (χ3v) is 6.43. The van der Waals surface area contributed by atoms with E-state index in [0.29, 0.717) is 5.41 Å². The molecule has 4 aliphatic carbocycles. The largest absolute Gasteiger partial charge is 0.461 e. The maximum atomic E-state index is 11.9. The average molecular weight is 277 g/mol. The van der Waals surface area contributed by atoms with Crippen molar-refractivity contribution in [3.05, 3.63) is 0 Å². The van der Waals surface area contributed by atoms with Gasteiger partial charge in [-0.1, -0.05) is 0 Å². The Labute approximate surface area is 122 Å². The number of ether oxygens (including phenoxy) is 1. The highest BCUT2D eigenvalue weighted by atomic mass is 16.6. The molecule has 0 aromatic rings. The zero-order chi connectivity index (χ0) is 13.9. The Bertz CT molecular complexity index is 384. The first kappa shape index (κ1) is 13.1. The van der Waals surface area contributed by atoms with Gasteiger partial charge in [-0.15, -0.1) is 0 Å². The topological polar surface area (TPSA) is 29.5 Å². The Morgan fingerprint density at radius 2 is 1.65 bits per heavy atom. The van der Waals surface area contributed by atoms with Crippen LogP contribution in [0.4, 0.5) is 0 Å². The summed E-state index contributed by atoms with van der Waals surface area (Å²) in [5.41, 5.74) is 0.523. The lowest BCUT2D eigenvalue weighted by Gasteiger charge is -2.58. The van der Waals surface area contributed by atoms with Gasteiger partial charge in [0.05, 0.1) is 0 Å². The van der Waals surface area contributed by atoms with Crippen LogP contribution in [0.5, 0.6) is 0 Å². The van der Waals surface area contributed by atoms with E-state index in [2.05, 4.69) is 11.9 Å². The van der Waals surface area contributed by atoms with E-state index < -0.39 is 0 Å². The molecule has 4 saturated carbocycles. The number of carbonyl (C=O) groups excluding carboxylic acids is 1. The minimum Gasteiger partial charge on any atom is -0.461 e. The predicted octanol–water partition coefficient (Wildman–Crippen LogP) is 2.84. The van der Waals surface area contributed by atoms with Gasteiger partial charge in [0.25, 0.3) is 0 Å². The Morgan fingerprint density at radius 1 is 1.10 bits per heavy atom. The lowest BCUT2D eigenvalue weighted by atomic mass is 9.49. The number of hydrogen-bond acceptors (Lipinski definition) is 3. The Hall–Kier alpha value is -0.570. The third-order valence-electron chi connectivity index (χ3n) is 6.43. The highest BCUT2D eigenvalue weighted by molar-refractivity contribution is 5.77. The molecule has 3 heteroatoms. The van der Waals surface area contributed by atoms with Crippen molar-refractivity contribution in [2.45, 2.75) is 64.0 Å². The van der Waals surface area contributed by atoms with Crippen LogP contribution in [0, 0.1) is 23.2 Å². The summed E-state index contributed by atoms with van der Waals surface area (Å²) in [6.07, 6.45) is 9.71. The second-order valence-electron chi connectivity index (χ2n) is 8.33. The van der Waals surface area contributed by atoms with Crippen LogP contribution < -0.4 is 0 Å². The van der Waals surface area contributed by atoms with E-state index >= 15 is 0 Å². The van der Waals surface area contributed by atoms with Gasteiger partial charge in [-0.05, 0) is 75.7 Å². The summed E-state index contributed by atoms with van der Waals surface area (Å²) in [5, 5.41) is 0. The fourth-order valence-electron chi connectivity index (χ4n) is 6.22. The maximum absolute atomic E-state index is 11.9. The molecule has 0 radical (unpaired) electrons. The van der Waals surface area contributed by atoms with Crippen molar-refractivity contribution in [3.8, 4) is 0 Å². The number of cyclic esters (lactones) is 1. The van der Waals surface area contributed by atoms with Gasteiger partial charge in [-0.3, -0.25) is 9.69 Å². The summed E-state index contributed by atoms with van der Waals surface area (Å²) in [7, 11) is 2.14. The van der Waals surface area contributed by atoms with Crippen LogP contribution in [-0.4, -0.2) is 36.6 Å². The second-order valence-corrected chi connectivity index (χ2v) is 8.33. The fraction of sp³-hybridized carbons (Fsp3) is 0.941. The van der Waals surface area contributed by atoms with Gasteiger partial charge in [0.1, 0.15) is 12.1 Å². The zero-order valence-corrected chi connectivity index (χ0v) is 12.8. The molecule has 1 aliphatic heterocycles. The first-order valence-electron chi connectivity index (χ1n) is 8.44. The molecule has 4 bridgehead atoms. The van der Waals surface area contributed by atoms with Crippen molar-refractivity contribution in [3.63, 3.8) is 0 Å². The van der Waals surface area contributed by atoms with Gasteiger partial charge in [0.15, 0.2) is 0 Å². The summed E-state index contributed by atoms with van der Waals surface area (Å²) in [6, 6.07) is 0.0120.